The van der Waals surface area contributed by atoms with Crippen molar-refractivity contribution in [2.24, 2.45) is 0 Å². The highest BCUT2D eigenvalue weighted by atomic mass is 32.2. The van der Waals surface area contributed by atoms with Gasteiger partial charge >= 0.3 is 11.9 Å². The number of sulfonamides is 1. The normalized spacial score (nSPS) is 12.6. The number of amides is 1. The number of rotatable bonds is 16. The van der Waals surface area contributed by atoms with Crippen LogP contribution in [0.2, 0.25) is 0 Å². The largest absolute Gasteiger partial charge is 0.492 e. The number of fused-ring (bicyclic) bond motifs is 1. The molecule has 0 fully saturated rings. The lowest BCUT2D eigenvalue weighted by Gasteiger charge is -2.28. The molecule has 1 atom stereocenters. The van der Waals surface area contributed by atoms with Crippen LogP contribution in [0.15, 0.2) is 59.5 Å². The monoisotopic (exact) mass is 658 g/mol. The Morgan fingerprint density at radius 3 is 2.24 bits per heavy atom. The van der Waals surface area contributed by atoms with Crippen LogP contribution in [-0.2, 0) is 40.2 Å². The summed E-state index contributed by atoms with van der Waals surface area (Å²) in [5.74, 6) is -2.24. The predicted octanol–water partition coefficient (Wildman–Crippen LogP) is 4.90. The van der Waals surface area contributed by atoms with E-state index in [0.29, 0.717) is 10.9 Å². The van der Waals surface area contributed by atoms with Gasteiger partial charge in [0.1, 0.15) is 16.2 Å². The fourth-order valence-electron chi connectivity index (χ4n) is 4.80. The van der Waals surface area contributed by atoms with E-state index in [9.17, 15) is 27.9 Å². The van der Waals surface area contributed by atoms with Crippen molar-refractivity contribution in [2.75, 3.05) is 25.1 Å². The number of carbonyl (C=O) groups is 3. The zero-order valence-corrected chi connectivity index (χ0v) is 27.7. The maximum Gasteiger partial charge on any atom is 0.336 e. The number of carboxylic acid groups (broad SMARTS) is 1. The molecule has 0 bridgehead atoms. The third-order valence-electron chi connectivity index (χ3n) is 6.52. The van der Waals surface area contributed by atoms with E-state index in [1.807, 2.05) is 18.2 Å². The van der Waals surface area contributed by atoms with Crippen LogP contribution in [0, 0.1) is 0 Å². The van der Waals surface area contributed by atoms with Crippen LogP contribution < -0.4 is 14.8 Å². The van der Waals surface area contributed by atoms with Crippen LogP contribution in [0.25, 0.3) is 10.8 Å². The Morgan fingerprint density at radius 2 is 1.63 bits per heavy atom. The second-order valence-corrected chi connectivity index (χ2v) is 13.0. The SMILES string of the molecule is CCOC(OCC)C(CC(=O)OC(C)(C)C)NS(=O)(=O)c1ccc(NC(C)=O)cc1OCCc1ccc2ccccc2c1C(=O)O. The highest BCUT2D eigenvalue weighted by Crippen LogP contribution is 2.30. The molecule has 0 aliphatic carbocycles. The Kier molecular flexibility index (Phi) is 12.7. The van der Waals surface area contributed by atoms with Gasteiger partial charge in [-0.2, -0.15) is 0 Å². The van der Waals surface area contributed by atoms with Gasteiger partial charge in [0.25, 0.3) is 0 Å². The molecule has 3 N–H and O–H groups in total. The second kappa shape index (κ2) is 16.0. The molecule has 0 spiro atoms. The first-order valence-corrected chi connectivity index (χ1v) is 16.4. The first-order chi connectivity index (χ1) is 21.6. The van der Waals surface area contributed by atoms with Crippen molar-refractivity contribution in [1.82, 2.24) is 4.72 Å². The number of anilines is 1. The van der Waals surface area contributed by atoms with E-state index in [4.69, 9.17) is 18.9 Å². The summed E-state index contributed by atoms with van der Waals surface area (Å²) in [6, 6.07) is 13.5. The minimum absolute atomic E-state index is 0.0908. The van der Waals surface area contributed by atoms with Gasteiger partial charge in [-0.25, -0.2) is 17.9 Å². The van der Waals surface area contributed by atoms with Crippen LogP contribution in [0.1, 0.15) is 63.9 Å². The summed E-state index contributed by atoms with van der Waals surface area (Å²) in [6.45, 7) is 10.1. The van der Waals surface area contributed by atoms with Gasteiger partial charge in [0.2, 0.25) is 15.9 Å². The van der Waals surface area contributed by atoms with E-state index in [-0.39, 0.29) is 60.5 Å². The molecule has 0 aliphatic heterocycles. The first-order valence-electron chi connectivity index (χ1n) is 14.9. The van der Waals surface area contributed by atoms with Crippen molar-refractivity contribution in [3.8, 4) is 5.75 Å². The molecule has 13 heteroatoms. The predicted molar refractivity (Wildman–Crippen MR) is 172 cm³/mol. The second-order valence-electron chi connectivity index (χ2n) is 11.4. The van der Waals surface area contributed by atoms with Crippen LogP contribution >= 0.6 is 0 Å². The fourth-order valence-corrected chi connectivity index (χ4v) is 6.15. The molecule has 0 saturated heterocycles. The van der Waals surface area contributed by atoms with Gasteiger partial charge in [-0.3, -0.25) is 9.59 Å². The zero-order valence-electron chi connectivity index (χ0n) is 26.9. The molecular formula is C33H42N2O10S. The summed E-state index contributed by atoms with van der Waals surface area (Å²) in [4.78, 5) is 36.4. The number of ether oxygens (including phenoxy) is 4. The lowest BCUT2D eigenvalue weighted by Crippen LogP contribution is -2.47. The third-order valence-corrected chi connectivity index (χ3v) is 8.04. The van der Waals surface area contributed by atoms with Crippen LogP contribution in [-0.4, -0.2) is 69.1 Å². The molecule has 46 heavy (non-hydrogen) atoms. The van der Waals surface area contributed by atoms with Crippen molar-refractivity contribution in [2.45, 2.75) is 77.2 Å². The van der Waals surface area contributed by atoms with E-state index >= 15 is 0 Å². The van der Waals surface area contributed by atoms with Crippen LogP contribution in [0.5, 0.6) is 5.75 Å². The maximum atomic E-state index is 13.9. The number of benzene rings is 3. The average molecular weight is 659 g/mol. The average Bonchev–Trinajstić information content (AvgIpc) is 2.95. The molecule has 0 radical (unpaired) electrons. The number of hydrogen-bond donors (Lipinski definition) is 3. The highest BCUT2D eigenvalue weighted by molar-refractivity contribution is 7.89. The number of carboxylic acids is 1. The molecule has 3 aromatic rings. The Bertz CT molecular complexity index is 1640. The maximum absolute atomic E-state index is 13.9. The number of aromatic carboxylic acids is 1. The lowest BCUT2D eigenvalue weighted by molar-refractivity contribution is -0.169. The summed E-state index contributed by atoms with van der Waals surface area (Å²) in [5, 5.41) is 13.9. The third kappa shape index (κ3) is 10.2. The number of nitrogens with one attached hydrogen (secondary N) is 2. The molecule has 1 amide bonds. The van der Waals surface area contributed by atoms with Crippen molar-refractivity contribution in [3.05, 3.63) is 65.7 Å². The van der Waals surface area contributed by atoms with Crippen LogP contribution in [0.3, 0.4) is 0 Å². The van der Waals surface area contributed by atoms with Crippen molar-refractivity contribution < 1.29 is 46.9 Å². The fraction of sp³-hybridized carbons (Fsp3) is 0.424. The quantitative estimate of drug-likeness (QED) is 0.142. The topological polar surface area (TPSA) is 167 Å². The van der Waals surface area contributed by atoms with Crippen molar-refractivity contribution in [1.29, 1.82) is 0 Å². The van der Waals surface area contributed by atoms with Crippen molar-refractivity contribution in [3.63, 3.8) is 0 Å². The van der Waals surface area contributed by atoms with Gasteiger partial charge in [-0.1, -0.05) is 36.4 Å². The molecule has 3 rings (SSSR count). The Hall–Kier alpha value is -4.04. The number of hydrogen-bond acceptors (Lipinski definition) is 9. The summed E-state index contributed by atoms with van der Waals surface area (Å²) in [7, 11) is -4.40. The number of esters is 1. The molecule has 0 saturated carbocycles. The van der Waals surface area contributed by atoms with E-state index in [1.165, 1.54) is 25.1 Å². The van der Waals surface area contributed by atoms with Gasteiger partial charge in [0, 0.05) is 38.3 Å². The molecule has 0 heterocycles. The Morgan fingerprint density at radius 1 is 0.957 bits per heavy atom. The molecule has 250 valence electrons. The van der Waals surface area contributed by atoms with E-state index < -0.39 is 39.9 Å². The van der Waals surface area contributed by atoms with E-state index in [0.717, 1.165) is 5.39 Å². The van der Waals surface area contributed by atoms with Gasteiger partial charge in [-0.05, 0) is 63.1 Å². The van der Waals surface area contributed by atoms with Gasteiger partial charge in [-0.15, -0.1) is 0 Å². The van der Waals surface area contributed by atoms with Gasteiger partial charge < -0.3 is 29.4 Å². The van der Waals surface area contributed by atoms with Gasteiger partial charge in [0.05, 0.1) is 24.6 Å². The van der Waals surface area contributed by atoms with Gasteiger partial charge in [0.15, 0.2) is 6.29 Å². The minimum atomic E-state index is -4.40. The molecular weight excluding hydrogens is 616 g/mol. The summed E-state index contributed by atoms with van der Waals surface area (Å²) in [6.07, 6.45) is -1.36. The van der Waals surface area contributed by atoms with E-state index in [1.54, 1.807) is 52.8 Å². The van der Waals surface area contributed by atoms with Crippen LogP contribution in [0.4, 0.5) is 5.69 Å². The Labute approximate surface area is 269 Å². The molecule has 0 aromatic heterocycles. The standard InChI is InChI=1S/C33H42N2O10S/c1-7-42-32(43-8-2)26(20-29(37)45-33(4,5)6)35-46(40,41)28-16-15-24(34-21(3)36)19-27(28)44-18-17-23-14-13-22-11-9-10-12-25(22)30(23)31(38)39/h9-16,19,26,32,35H,7-8,17-18,20H2,1-6H3,(H,34,36)(H,38,39). The number of carbonyl (C=O) groups excluding carboxylic acids is 2. The summed E-state index contributed by atoms with van der Waals surface area (Å²) < 4.78 is 53.0. The minimum Gasteiger partial charge on any atom is -0.492 e. The first kappa shape index (κ1) is 36.4. The lowest BCUT2D eigenvalue weighted by atomic mass is 9.97. The summed E-state index contributed by atoms with van der Waals surface area (Å²) >= 11 is 0. The van der Waals surface area contributed by atoms with E-state index in [2.05, 4.69) is 10.0 Å². The Balaban J connectivity index is 1.96. The molecule has 12 nitrogen and oxygen atoms in total. The van der Waals surface area contributed by atoms with Crippen molar-refractivity contribution >= 4 is 44.3 Å². The summed E-state index contributed by atoms with van der Waals surface area (Å²) in [5.41, 5.74) is 0.107. The molecule has 1 unspecified atom stereocenters. The highest BCUT2D eigenvalue weighted by Gasteiger charge is 2.33. The molecule has 0 aliphatic rings. The molecule has 3 aromatic carbocycles. The zero-order chi connectivity index (χ0) is 34.1. The smallest absolute Gasteiger partial charge is 0.336 e.